The minimum atomic E-state index is -0.446. The molecular formula is C17H29NO2. The van der Waals surface area contributed by atoms with Gasteiger partial charge in [-0.1, -0.05) is 39.8 Å². The topological polar surface area (TPSA) is 32.7 Å². The molecule has 0 aromatic heterocycles. The summed E-state index contributed by atoms with van der Waals surface area (Å²) in [6.45, 7) is 11.6. The van der Waals surface area contributed by atoms with Gasteiger partial charge in [-0.2, -0.15) is 0 Å². The van der Waals surface area contributed by atoms with Gasteiger partial charge in [0.2, 0.25) is 0 Å². The van der Waals surface area contributed by atoms with Crippen molar-refractivity contribution in [1.29, 1.82) is 0 Å². The van der Waals surface area contributed by atoms with Gasteiger partial charge in [0.05, 0.1) is 13.2 Å². The lowest BCUT2D eigenvalue weighted by Crippen LogP contribution is -2.35. The van der Waals surface area contributed by atoms with E-state index in [1.54, 1.807) is 7.11 Å². The van der Waals surface area contributed by atoms with E-state index in [9.17, 15) is 5.11 Å². The van der Waals surface area contributed by atoms with Crippen LogP contribution in [0.1, 0.15) is 39.4 Å². The number of benzene rings is 1. The van der Waals surface area contributed by atoms with Gasteiger partial charge in [-0.3, -0.25) is 4.90 Å². The molecule has 3 heteroatoms. The zero-order valence-corrected chi connectivity index (χ0v) is 13.5. The third-order valence-electron chi connectivity index (χ3n) is 3.18. The normalized spacial score (nSPS) is 13.2. The number of aliphatic hydroxyl groups is 1. The van der Waals surface area contributed by atoms with Crippen LogP contribution in [-0.2, 0) is 0 Å². The van der Waals surface area contributed by atoms with Crippen molar-refractivity contribution >= 4 is 0 Å². The molecule has 1 rings (SSSR count). The van der Waals surface area contributed by atoms with Crippen LogP contribution in [0, 0.1) is 11.8 Å². The number of aliphatic hydroxyl groups excluding tert-OH is 1. The van der Waals surface area contributed by atoms with Crippen molar-refractivity contribution in [3.05, 3.63) is 29.8 Å². The summed E-state index contributed by atoms with van der Waals surface area (Å²) in [6.07, 6.45) is -0.446. The first-order valence-electron chi connectivity index (χ1n) is 7.46. The molecule has 0 aliphatic rings. The van der Waals surface area contributed by atoms with Crippen LogP contribution in [0.15, 0.2) is 24.3 Å². The first-order valence-corrected chi connectivity index (χ1v) is 7.46. The molecule has 0 radical (unpaired) electrons. The molecule has 0 aliphatic carbocycles. The highest BCUT2D eigenvalue weighted by atomic mass is 16.5. The third-order valence-corrected chi connectivity index (χ3v) is 3.18. The molecule has 0 saturated carbocycles. The van der Waals surface area contributed by atoms with Crippen LogP contribution in [-0.4, -0.2) is 36.8 Å². The van der Waals surface area contributed by atoms with Gasteiger partial charge in [0.15, 0.2) is 0 Å². The lowest BCUT2D eigenvalue weighted by molar-refractivity contribution is 0.0986. The quantitative estimate of drug-likeness (QED) is 0.792. The fourth-order valence-electron chi connectivity index (χ4n) is 2.43. The van der Waals surface area contributed by atoms with E-state index < -0.39 is 6.10 Å². The molecular weight excluding hydrogens is 250 g/mol. The summed E-state index contributed by atoms with van der Waals surface area (Å²) in [7, 11) is 1.65. The summed E-state index contributed by atoms with van der Waals surface area (Å²) < 4.78 is 5.14. The van der Waals surface area contributed by atoms with Crippen LogP contribution >= 0.6 is 0 Å². The van der Waals surface area contributed by atoms with E-state index in [1.807, 2.05) is 24.3 Å². The molecule has 0 bridgehead atoms. The summed E-state index contributed by atoms with van der Waals surface area (Å²) in [6, 6.07) is 7.67. The predicted molar refractivity (Wildman–Crippen MR) is 84.1 cm³/mol. The van der Waals surface area contributed by atoms with Crippen LogP contribution in [0.2, 0.25) is 0 Å². The SMILES string of the molecule is COc1ccc(C(O)CN(CC(C)C)CC(C)C)cc1. The Morgan fingerprint density at radius 2 is 1.45 bits per heavy atom. The number of hydrogen-bond acceptors (Lipinski definition) is 3. The minimum Gasteiger partial charge on any atom is -0.497 e. The molecule has 1 atom stereocenters. The van der Waals surface area contributed by atoms with Crippen molar-refractivity contribution in [2.24, 2.45) is 11.8 Å². The molecule has 0 heterocycles. The summed E-state index contributed by atoms with van der Waals surface area (Å²) >= 11 is 0. The molecule has 114 valence electrons. The van der Waals surface area contributed by atoms with Gasteiger partial charge in [0, 0.05) is 19.6 Å². The van der Waals surface area contributed by atoms with Gasteiger partial charge >= 0.3 is 0 Å². The second-order valence-electron chi connectivity index (χ2n) is 6.30. The van der Waals surface area contributed by atoms with Crippen LogP contribution in [0.5, 0.6) is 5.75 Å². The van der Waals surface area contributed by atoms with E-state index >= 15 is 0 Å². The monoisotopic (exact) mass is 279 g/mol. The molecule has 20 heavy (non-hydrogen) atoms. The number of hydrogen-bond donors (Lipinski definition) is 1. The molecule has 1 unspecified atom stereocenters. The maximum Gasteiger partial charge on any atom is 0.118 e. The molecule has 0 aliphatic heterocycles. The molecule has 0 saturated heterocycles. The summed E-state index contributed by atoms with van der Waals surface area (Å²) in [5.41, 5.74) is 0.948. The average molecular weight is 279 g/mol. The van der Waals surface area contributed by atoms with Gasteiger partial charge in [0.1, 0.15) is 5.75 Å². The molecule has 3 nitrogen and oxygen atoms in total. The number of rotatable bonds is 8. The van der Waals surface area contributed by atoms with Crippen LogP contribution < -0.4 is 4.74 Å². The molecule has 0 amide bonds. The summed E-state index contributed by atoms with van der Waals surface area (Å²) in [4.78, 5) is 2.35. The molecule has 1 N–H and O–H groups in total. The first kappa shape index (κ1) is 17.0. The van der Waals surface area contributed by atoms with Crippen molar-refractivity contribution in [2.45, 2.75) is 33.8 Å². The largest absolute Gasteiger partial charge is 0.497 e. The highest BCUT2D eigenvalue weighted by Crippen LogP contribution is 2.19. The first-order chi connectivity index (χ1) is 9.42. The Hall–Kier alpha value is -1.06. The maximum atomic E-state index is 10.4. The van der Waals surface area contributed by atoms with Gasteiger partial charge in [-0.25, -0.2) is 0 Å². The Morgan fingerprint density at radius 3 is 1.85 bits per heavy atom. The van der Waals surface area contributed by atoms with Gasteiger partial charge in [-0.05, 0) is 29.5 Å². The zero-order valence-electron chi connectivity index (χ0n) is 13.5. The third kappa shape index (κ3) is 5.93. The van der Waals surface area contributed by atoms with Crippen LogP contribution in [0.3, 0.4) is 0 Å². The number of nitrogens with zero attached hydrogens (tertiary/aromatic N) is 1. The highest BCUT2D eigenvalue weighted by molar-refractivity contribution is 5.28. The zero-order chi connectivity index (χ0) is 15.1. The Balaban J connectivity index is 2.65. The second kappa shape index (κ2) is 8.28. The van der Waals surface area contributed by atoms with E-state index in [0.717, 1.165) is 24.4 Å². The maximum absolute atomic E-state index is 10.4. The lowest BCUT2D eigenvalue weighted by atomic mass is 10.1. The number of methoxy groups -OCH3 is 1. The summed E-state index contributed by atoms with van der Waals surface area (Å²) in [5, 5.41) is 10.4. The van der Waals surface area contributed by atoms with E-state index in [1.165, 1.54) is 0 Å². The van der Waals surface area contributed by atoms with E-state index in [0.29, 0.717) is 18.4 Å². The standard InChI is InChI=1S/C17H29NO2/c1-13(2)10-18(11-14(3)4)12-17(19)15-6-8-16(20-5)9-7-15/h6-9,13-14,17,19H,10-12H2,1-5H3. The van der Waals surface area contributed by atoms with Gasteiger partial charge in [-0.15, -0.1) is 0 Å². The molecule has 0 spiro atoms. The fraction of sp³-hybridized carbons (Fsp3) is 0.647. The molecule has 0 fully saturated rings. The Kier molecular flexibility index (Phi) is 7.03. The molecule has 1 aromatic rings. The van der Waals surface area contributed by atoms with Crippen molar-refractivity contribution in [3.63, 3.8) is 0 Å². The Bertz CT molecular complexity index is 363. The minimum absolute atomic E-state index is 0.446. The van der Waals surface area contributed by atoms with E-state index in [4.69, 9.17) is 4.74 Å². The smallest absolute Gasteiger partial charge is 0.118 e. The van der Waals surface area contributed by atoms with Crippen molar-refractivity contribution in [1.82, 2.24) is 4.90 Å². The van der Waals surface area contributed by atoms with Gasteiger partial charge < -0.3 is 9.84 Å². The number of ether oxygens (including phenoxy) is 1. The summed E-state index contributed by atoms with van der Waals surface area (Å²) in [5.74, 6) is 2.04. The van der Waals surface area contributed by atoms with Crippen LogP contribution in [0.4, 0.5) is 0 Å². The second-order valence-corrected chi connectivity index (χ2v) is 6.30. The van der Waals surface area contributed by atoms with E-state index in [-0.39, 0.29) is 0 Å². The van der Waals surface area contributed by atoms with Crippen molar-refractivity contribution < 1.29 is 9.84 Å². The fourth-order valence-corrected chi connectivity index (χ4v) is 2.43. The van der Waals surface area contributed by atoms with Crippen LogP contribution in [0.25, 0.3) is 0 Å². The van der Waals surface area contributed by atoms with Gasteiger partial charge in [0.25, 0.3) is 0 Å². The van der Waals surface area contributed by atoms with Crippen molar-refractivity contribution in [3.8, 4) is 5.75 Å². The average Bonchev–Trinajstić information content (AvgIpc) is 2.37. The van der Waals surface area contributed by atoms with Crippen molar-refractivity contribution in [2.75, 3.05) is 26.7 Å². The highest BCUT2D eigenvalue weighted by Gasteiger charge is 2.15. The van der Waals surface area contributed by atoms with E-state index in [2.05, 4.69) is 32.6 Å². The Labute approximate surface area is 123 Å². The Morgan fingerprint density at radius 1 is 0.950 bits per heavy atom. The molecule has 1 aromatic carbocycles. The predicted octanol–water partition coefficient (Wildman–Crippen LogP) is 3.34. The lowest BCUT2D eigenvalue weighted by Gasteiger charge is -2.28.